The highest BCUT2D eigenvalue weighted by Crippen LogP contribution is 2.44. The first kappa shape index (κ1) is 29.1. The van der Waals surface area contributed by atoms with Crippen LogP contribution in [-0.4, -0.2) is 17.2 Å². The highest BCUT2D eigenvalue weighted by molar-refractivity contribution is 5.54. The molecule has 2 aliphatic heterocycles. The van der Waals surface area contributed by atoms with Crippen molar-refractivity contribution in [2.75, 3.05) is 6.73 Å². The predicted molar refractivity (Wildman–Crippen MR) is 157 cm³/mol. The molecule has 0 unspecified atom stereocenters. The van der Waals surface area contributed by atoms with Crippen molar-refractivity contribution >= 4 is 0 Å². The number of nitrogens with zero attached hydrogens (tertiary/aromatic N) is 1. The van der Waals surface area contributed by atoms with Crippen LogP contribution in [0.25, 0.3) is 0 Å². The first-order chi connectivity index (χ1) is 18.2. The van der Waals surface area contributed by atoms with E-state index in [2.05, 4.69) is 52.5 Å². The van der Waals surface area contributed by atoms with Gasteiger partial charge in [-0.2, -0.15) is 0 Å². The van der Waals surface area contributed by atoms with E-state index in [9.17, 15) is 0 Å². The van der Waals surface area contributed by atoms with Crippen LogP contribution in [0.3, 0.4) is 0 Å². The Hall–Kier alpha value is -1.94. The van der Waals surface area contributed by atoms with Crippen LogP contribution in [0.15, 0.2) is 28.9 Å². The molecule has 2 aromatic rings. The number of fused-ring (bicyclic) bond motifs is 2. The number of hydrogen-bond acceptors (Lipinski definition) is 4. The van der Waals surface area contributed by atoms with E-state index in [1.54, 1.807) is 6.26 Å². The lowest BCUT2D eigenvalue weighted by molar-refractivity contribution is 0.0489. The van der Waals surface area contributed by atoms with Crippen molar-refractivity contribution in [3.63, 3.8) is 0 Å². The van der Waals surface area contributed by atoms with Gasteiger partial charge in [-0.25, -0.2) is 0 Å². The van der Waals surface area contributed by atoms with Gasteiger partial charge in [0, 0.05) is 12.1 Å². The molecule has 0 amide bonds. The number of rotatable bonds is 14. The summed E-state index contributed by atoms with van der Waals surface area (Å²) in [5, 5.41) is 0. The topological polar surface area (TPSA) is 34.8 Å². The fourth-order valence-corrected chi connectivity index (χ4v) is 6.36. The van der Waals surface area contributed by atoms with Crippen molar-refractivity contribution in [2.45, 2.75) is 131 Å². The molecule has 0 saturated carbocycles. The van der Waals surface area contributed by atoms with Crippen molar-refractivity contribution in [3.8, 4) is 11.5 Å². The molecule has 1 aromatic carbocycles. The number of furan rings is 1. The van der Waals surface area contributed by atoms with E-state index in [0.717, 1.165) is 67.4 Å². The van der Waals surface area contributed by atoms with E-state index < -0.39 is 0 Å². The summed E-state index contributed by atoms with van der Waals surface area (Å²) in [4.78, 5) is 2.29. The first-order valence-corrected chi connectivity index (χ1v) is 15.4. The van der Waals surface area contributed by atoms with Gasteiger partial charge >= 0.3 is 0 Å². The standard InChI is InChI=1S/C34H53NO3/c1-25(2)11-7-12-26(3)13-8-14-27(4)15-9-18-34(6)19-17-29-21-32-31(28(5)33(29)38-34)23-35(24-37-32)22-30-16-10-20-36-30/h10,16,20-21,25-27H,7-9,11-15,17-19,22-24H2,1-6H3/t26-,27-,34+/m0/s1. The lowest BCUT2D eigenvalue weighted by Gasteiger charge is -2.39. The minimum absolute atomic E-state index is 0.0694. The third kappa shape index (κ3) is 8.04. The minimum atomic E-state index is -0.0694. The molecular weight excluding hydrogens is 470 g/mol. The second-order valence-electron chi connectivity index (χ2n) is 13.2. The van der Waals surface area contributed by atoms with Gasteiger partial charge < -0.3 is 13.9 Å². The lowest BCUT2D eigenvalue weighted by atomic mass is 9.85. The van der Waals surface area contributed by atoms with E-state index in [4.69, 9.17) is 13.9 Å². The molecule has 4 nitrogen and oxygen atoms in total. The molecule has 0 bridgehead atoms. The summed E-state index contributed by atoms with van der Waals surface area (Å²) in [5.41, 5.74) is 3.76. The number of hydrogen-bond donors (Lipinski definition) is 0. The van der Waals surface area contributed by atoms with Crippen LogP contribution in [0.2, 0.25) is 0 Å². The second-order valence-corrected chi connectivity index (χ2v) is 13.2. The molecule has 212 valence electrons. The molecule has 38 heavy (non-hydrogen) atoms. The van der Waals surface area contributed by atoms with E-state index in [1.807, 2.05) is 12.1 Å². The minimum Gasteiger partial charge on any atom is -0.487 e. The Morgan fingerprint density at radius 2 is 1.68 bits per heavy atom. The largest absolute Gasteiger partial charge is 0.487 e. The zero-order valence-corrected chi connectivity index (χ0v) is 25.1. The highest BCUT2D eigenvalue weighted by Gasteiger charge is 2.34. The molecular formula is C34H53NO3. The number of aryl methyl sites for hydroxylation is 1. The predicted octanol–water partition coefficient (Wildman–Crippen LogP) is 9.46. The average Bonchev–Trinajstić information content (AvgIpc) is 3.38. The van der Waals surface area contributed by atoms with Gasteiger partial charge in [0.05, 0.1) is 12.8 Å². The Morgan fingerprint density at radius 1 is 0.974 bits per heavy atom. The fraction of sp³-hybridized carbons (Fsp3) is 0.706. The van der Waals surface area contributed by atoms with Gasteiger partial charge in [0.1, 0.15) is 29.6 Å². The maximum absolute atomic E-state index is 6.81. The Labute approximate surface area is 232 Å². The van der Waals surface area contributed by atoms with E-state index in [1.165, 1.54) is 68.1 Å². The quantitative estimate of drug-likeness (QED) is 0.247. The molecule has 0 N–H and O–H groups in total. The Bertz CT molecular complexity index is 998. The fourth-order valence-electron chi connectivity index (χ4n) is 6.36. The van der Waals surface area contributed by atoms with Crippen LogP contribution in [0.1, 0.15) is 121 Å². The zero-order valence-electron chi connectivity index (χ0n) is 25.1. The van der Waals surface area contributed by atoms with Crippen molar-refractivity contribution in [1.82, 2.24) is 4.90 Å². The number of benzene rings is 1. The molecule has 4 rings (SSSR count). The molecule has 0 aliphatic carbocycles. The SMILES string of the molecule is Cc1c2c(cc3c1O[C@](C)(CCC[C@@H](C)CCC[C@@H](C)CCCC(C)C)CC3)OCN(Cc1ccco1)C2. The molecule has 4 heteroatoms. The van der Waals surface area contributed by atoms with Gasteiger partial charge in [-0.1, -0.05) is 72.6 Å². The smallest absolute Gasteiger partial charge is 0.142 e. The molecule has 1 aromatic heterocycles. The summed E-state index contributed by atoms with van der Waals surface area (Å²) in [6, 6.07) is 6.22. The van der Waals surface area contributed by atoms with Crippen molar-refractivity contribution < 1.29 is 13.9 Å². The Balaban J connectivity index is 1.23. The molecule has 2 aliphatic rings. The van der Waals surface area contributed by atoms with Gasteiger partial charge in [0.2, 0.25) is 0 Å². The molecule has 3 atom stereocenters. The third-order valence-corrected chi connectivity index (χ3v) is 8.98. The van der Waals surface area contributed by atoms with E-state index in [-0.39, 0.29) is 5.60 Å². The molecule has 0 radical (unpaired) electrons. The third-order valence-electron chi connectivity index (χ3n) is 8.98. The van der Waals surface area contributed by atoms with Crippen LogP contribution >= 0.6 is 0 Å². The maximum Gasteiger partial charge on any atom is 0.142 e. The average molecular weight is 524 g/mol. The molecule has 0 fully saturated rings. The van der Waals surface area contributed by atoms with Crippen molar-refractivity contribution in [1.29, 1.82) is 0 Å². The molecule has 0 saturated heterocycles. The molecule has 0 spiro atoms. The summed E-state index contributed by atoms with van der Waals surface area (Å²) in [6.07, 6.45) is 15.9. The van der Waals surface area contributed by atoms with Gasteiger partial charge in [-0.15, -0.1) is 0 Å². The normalized spacial score (nSPS) is 20.9. The van der Waals surface area contributed by atoms with Crippen LogP contribution in [0.4, 0.5) is 0 Å². The lowest BCUT2D eigenvalue weighted by Crippen LogP contribution is -2.37. The van der Waals surface area contributed by atoms with E-state index in [0.29, 0.717) is 6.73 Å². The summed E-state index contributed by atoms with van der Waals surface area (Å²) < 4.78 is 18.6. The monoisotopic (exact) mass is 523 g/mol. The first-order valence-electron chi connectivity index (χ1n) is 15.4. The van der Waals surface area contributed by atoms with Crippen LogP contribution in [0, 0.1) is 24.7 Å². The maximum atomic E-state index is 6.81. The summed E-state index contributed by atoms with van der Waals surface area (Å²) in [7, 11) is 0. The molecule has 3 heterocycles. The Kier molecular flexibility index (Phi) is 10.3. The van der Waals surface area contributed by atoms with Crippen molar-refractivity contribution in [2.24, 2.45) is 17.8 Å². The van der Waals surface area contributed by atoms with Gasteiger partial charge in [-0.05, 0) is 86.6 Å². The number of ether oxygens (including phenoxy) is 2. The van der Waals surface area contributed by atoms with Crippen LogP contribution < -0.4 is 9.47 Å². The second kappa shape index (κ2) is 13.4. The Morgan fingerprint density at radius 3 is 2.37 bits per heavy atom. The summed E-state index contributed by atoms with van der Waals surface area (Å²) in [6.45, 7) is 16.3. The van der Waals surface area contributed by atoms with Crippen LogP contribution in [-0.2, 0) is 19.5 Å². The van der Waals surface area contributed by atoms with Gasteiger partial charge in [-0.3, -0.25) is 4.90 Å². The van der Waals surface area contributed by atoms with Crippen LogP contribution in [0.5, 0.6) is 11.5 Å². The van der Waals surface area contributed by atoms with Crippen molar-refractivity contribution in [3.05, 3.63) is 46.9 Å². The highest BCUT2D eigenvalue weighted by atomic mass is 16.5. The van der Waals surface area contributed by atoms with Gasteiger partial charge in [0.25, 0.3) is 0 Å². The zero-order chi connectivity index (χ0) is 27.1. The van der Waals surface area contributed by atoms with Gasteiger partial charge in [0.15, 0.2) is 0 Å². The summed E-state index contributed by atoms with van der Waals surface area (Å²) in [5.74, 6) is 5.65. The van der Waals surface area contributed by atoms with E-state index >= 15 is 0 Å². The summed E-state index contributed by atoms with van der Waals surface area (Å²) >= 11 is 0.